The largest absolute Gasteiger partial charge is 0.338 e. The molecule has 0 saturated heterocycles. The first-order chi connectivity index (χ1) is 9.75. The number of aromatic nitrogens is 2. The van der Waals surface area contributed by atoms with Gasteiger partial charge in [-0.25, -0.2) is 4.98 Å². The minimum Gasteiger partial charge on any atom is -0.338 e. The van der Waals surface area contributed by atoms with Gasteiger partial charge in [0.15, 0.2) is 0 Å². The van der Waals surface area contributed by atoms with Crippen molar-refractivity contribution in [3.63, 3.8) is 0 Å². The van der Waals surface area contributed by atoms with Crippen LogP contribution in [0.2, 0.25) is 0 Å². The first kappa shape index (κ1) is 12.9. The van der Waals surface area contributed by atoms with Crippen LogP contribution in [0.5, 0.6) is 0 Å². The Kier molecular flexibility index (Phi) is 3.31. The normalized spacial score (nSPS) is 21.2. The van der Waals surface area contributed by atoms with Gasteiger partial charge < -0.3 is 4.57 Å². The lowest BCUT2D eigenvalue weighted by Gasteiger charge is -2.33. The summed E-state index contributed by atoms with van der Waals surface area (Å²) in [5.74, 6) is 1.06. The van der Waals surface area contributed by atoms with Gasteiger partial charge >= 0.3 is 0 Å². The number of benzene rings is 1. The van der Waals surface area contributed by atoms with Crippen molar-refractivity contribution in [2.75, 3.05) is 0 Å². The van der Waals surface area contributed by atoms with Crippen LogP contribution in [-0.2, 0) is 25.3 Å². The fraction of sp³-hybridized carbons (Fsp3) is 0.412. The van der Waals surface area contributed by atoms with E-state index in [4.69, 9.17) is 0 Å². The monoisotopic (exact) mass is 265 g/mol. The molecule has 0 aliphatic heterocycles. The molecule has 0 N–H and O–H groups in total. The van der Waals surface area contributed by atoms with Gasteiger partial charge in [-0.3, -0.25) is 0 Å². The number of nitrogens with zero attached hydrogens (tertiary/aromatic N) is 3. The zero-order valence-electron chi connectivity index (χ0n) is 11.8. The highest BCUT2D eigenvalue weighted by Gasteiger charge is 2.36. The van der Waals surface area contributed by atoms with Crippen molar-refractivity contribution in [3.05, 3.63) is 53.6 Å². The Labute approximate surface area is 119 Å². The second kappa shape index (κ2) is 5.13. The first-order valence-corrected chi connectivity index (χ1v) is 7.21. The summed E-state index contributed by atoms with van der Waals surface area (Å²) in [7, 11) is 2.01. The zero-order valence-corrected chi connectivity index (χ0v) is 11.8. The second-order valence-electron chi connectivity index (χ2n) is 5.66. The van der Waals surface area contributed by atoms with E-state index in [0.29, 0.717) is 0 Å². The molecule has 0 fully saturated rings. The van der Waals surface area contributed by atoms with Crippen LogP contribution in [0.25, 0.3) is 0 Å². The minimum absolute atomic E-state index is 0.333. The molecule has 2 aromatic rings. The number of fused-ring (bicyclic) bond motifs is 1. The van der Waals surface area contributed by atoms with Crippen LogP contribution < -0.4 is 0 Å². The van der Waals surface area contributed by atoms with Crippen molar-refractivity contribution in [1.82, 2.24) is 9.55 Å². The van der Waals surface area contributed by atoms with Gasteiger partial charge in [0.2, 0.25) is 0 Å². The highest BCUT2D eigenvalue weighted by atomic mass is 15.0. The Morgan fingerprint density at radius 1 is 1.40 bits per heavy atom. The topological polar surface area (TPSA) is 41.6 Å². The van der Waals surface area contributed by atoms with Gasteiger partial charge in [-0.2, -0.15) is 5.26 Å². The molecule has 0 bridgehead atoms. The molecule has 1 aromatic heterocycles. The Bertz CT molecular complexity index is 650. The molecule has 20 heavy (non-hydrogen) atoms. The van der Waals surface area contributed by atoms with Crippen LogP contribution in [0.1, 0.15) is 36.2 Å². The molecular formula is C17H19N3. The number of aryl methyl sites for hydroxylation is 3. The van der Waals surface area contributed by atoms with Crippen LogP contribution >= 0.6 is 0 Å². The lowest BCUT2D eigenvalue weighted by molar-refractivity contribution is 0.418. The van der Waals surface area contributed by atoms with Crippen molar-refractivity contribution < 1.29 is 0 Å². The van der Waals surface area contributed by atoms with Crippen LogP contribution in [0.3, 0.4) is 0 Å². The highest BCUT2D eigenvalue weighted by molar-refractivity contribution is 5.41. The van der Waals surface area contributed by atoms with E-state index in [1.54, 1.807) is 0 Å². The molecular weight excluding hydrogens is 246 g/mol. The number of hydrogen-bond donors (Lipinski definition) is 0. The molecule has 1 aromatic carbocycles. The van der Waals surface area contributed by atoms with Crippen LogP contribution in [-0.4, -0.2) is 9.55 Å². The predicted molar refractivity (Wildman–Crippen MR) is 78.2 cm³/mol. The Morgan fingerprint density at radius 3 is 3.00 bits per heavy atom. The second-order valence-corrected chi connectivity index (χ2v) is 5.66. The summed E-state index contributed by atoms with van der Waals surface area (Å²) in [6.45, 7) is 0. The van der Waals surface area contributed by atoms with Crippen molar-refractivity contribution >= 4 is 0 Å². The molecule has 1 heterocycles. The molecule has 1 aliphatic carbocycles. The van der Waals surface area contributed by atoms with Gasteiger partial charge in [-0.05, 0) is 36.8 Å². The number of rotatable bonds is 3. The lowest BCUT2D eigenvalue weighted by Crippen LogP contribution is -2.30. The number of hydrogen-bond acceptors (Lipinski definition) is 2. The SMILES string of the molecule is Cn1ccnc1CCC1(C#N)CCCc2ccccc21. The Balaban J connectivity index is 1.90. The van der Waals surface area contributed by atoms with E-state index in [2.05, 4.69) is 35.3 Å². The molecule has 1 aliphatic rings. The summed E-state index contributed by atoms with van der Waals surface area (Å²) in [6.07, 6.45) is 8.65. The zero-order chi connectivity index (χ0) is 14.0. The molecule has 0 spiro atoms. The Morgan fingerprint density at radius 2 is 2.25 bits per heavy atom. The molecule has 3 nitrogen and oxygen atoms in total. The van der Waals surface area contributed by atoms with Crippen molar-refractivity contribution in [2.24, 2.45) is 7.05 Å². The third-order valence-electron chi connectivity index (χ3n) is 4.49. The third-order valence-corrected chi connectivity index (χ3v) is 4.49. The fourth-order valence-corrected chi connectivity index (χ4v) is 3.31. The van der Waals surface area contributed by atoms with E-state index in [9.17, 15) is 5.26 Å². The molecule has 3 heteroatoms. The van der Waals surface area contributed by atoms with E-state index < -0.39 is 0 Å². The predicted octanol–water partition coefficient (Wildman–Crippen LogP) is 3.15. The minimum atomic E-state index is -0.333. The average Bonchev–Trinajstić information content (AvgIpc) is 2.90. The summed E-state index contributed by atoms with van der Waals surface area (Å²) < 4.78 is 2.04. The Hall–Kier alpha value is -2.08. The number of imidazole rings is 1. The standard InChI is InChI=1S/C17H19N3/c1-20-12-11-19-16(20)8-10-17(13-18)9-4-6-14-5-2-3-7-15(14)17/h2-3,5,7,11-12H,4,6,8-10H2,1H3. The van der Waals surface area contributed by atoms with E-state index in [0.717, 1.165) is 37.9 Å². The van der Waals surface area contributed by atoms with Crippen molar-refractivity contribution in [1.29, 1.82) is 5.26 Å². The maximum Gasteiger partial charge on any atom is 0.108 e. The van der Waals surface area contributed by atoms with Gasteiger partial charge in [0.25, 0.3) is 0 Å². The van der Waals surface area contributed by atoms with E-state index >= 15 is 0 Å². The highest BCUT2D eigenvalue weighted by Crippen LogP contribution is 2.40. The number of nitriles is 1. The average molecular weight is 265 g/mol. The van der Waals surface area contributed by atoms with Crippen molar-refractivity contribution in [3.8, 4) is 6.07 Å². The summed E-state index contributed by atoms with van der Waals surface area (Å²) >= 11 is 0. The molecule has 3 rings (SSSR count). The summed E-state index contributed by atoms with van der Waals surface area (Å²) in [6, 6.07) is 11.0. The van der Waals surface area contributed by atoms with Gasteiger partial charge in [0, 0.05) is 25.9 Å². The smallest absolute Gasteiger partial charge is 0.108 e. The quantitative estimate of drug-likeness (QED) is 0.855. The van der Waals surface area contributed by atoms with Gasteiger partial charge in [0.05, 0.1) is 11.5 Å². The van der Waals surface area contributed by atoms with Crippen LogP contribution in [0, 0.1) is 11.3 Å². The van der Waals surface area contributed by atoms with Crippen LogP contribution in [0.15, 0.2) is 36.7 Å². The molecule has 1 unspecified atom stereocenters. The van der Waals surface area contributed by atoms with Gasteiger partial charge in [-0.1, -0.05) is 24.3 Å². The summed E-state index contributed by atoms with van der Waals surface area (Å²) in [4.78, 5) is 4.38. The fourth-order valence-electron chi connectivity index (χ4n) is 3.31. The third kappa shape index (κ3) is 2.12. The van der Waals surface area contributed by atoms with E-state index in [1.807, 2.05) is 24.0 Å². The maximum absolute atomic E-state index is 9.81. The summed E-state index contributed by atoms with van der Waals surface area (Å²) in [5.41, 5.74) is 2.25. The van der Waals surface area contributed by atoms with E-state index in [-0.39, 0.29) is 5.41 Å². The molecule has 1 atom stereocenters. The first-order valence-electron chi connectivity index (χ1n) is 7.21. The molecule has 102 valence electrons. The van der Waals surface area contributed by atoms with E-state index in [1.165, 1.54) is 11.1 Å². The van der Waals surface area contributed by atoms with Gasteiger partial charge in [0.1, 0.15) is 5.82 Å². The van der Waals surface area contributed by atoms with Crippen LogP contribution in [0.4, 0.5) is 0 Å². The maximum atomic E-state index is 9.81. The van der Waals surface area contributed by atoms with Crippen molar-refractivity contribution in [2.45, 2.75) is 37.5 Å². The lowest BCUT2D eigenvalue weighted by atomic mass is 9.68. The van der Waals surface area contributed by atoms with Gasteiger partial charge in [-0.15, -0.1) is 0 Å². The molecule has 0 amide bonds. The summed E-state index contributed by atoms with van der Waals surface area (Å²) in [5, 5.41) is 9.81. The molecule has 0 saturated carbocycles. The molecule has 0 radical (unpaired) electrons.